The molecule has 0 saturated carbocycles. The molecule has 1 aliphatic heterocycles. The highest BCUT2D eigenvalue weighted by molar-refractivity contribution is 5.78. The molecular weight excluding hydrogens is 290 g/mol. The predicted octanol–water partition coefficient (Wildman–Crippen LogP) is 2.70. The highest BCUT2D eigenvalue weighted by atomic mass is 16.5. The number of carbonyl (C=O) groups is 1. The van der Waals surface area contributed by atoms with Gasteiger partial charge in [-0.1, -0.05) is 36.4 Å². The van der Waals surface area contributed by atoms with E-state index in [4.69, 9.17) is 4.74 Å². The molecular formula is C19H21NO3. The minimum absolute atomic E-state index is 0.0121. The standard InChI is InChI=1S/C19H21NO3/c1-14(21)16-7-4-8-18(11-16)23-13-19(22)20-10-9-15-5-2-3-6-17(15)12-20/h2-8,11,14,21H,9-10,12-13H2,1H3. The van der Waals surface area contributed by atoms with Gasteiger partial charge in [0.2, 0.25) is 0 Å². The van der Waals surface area contributed by atoms with E-state index in [0.29, 0.717) is 12.3 Å². The first-order valence-electron chi connectivity index (χ1n) is 7.89. The van der Waals surface area contributed by atoms with Crippen LogP contribution in [0.5, 0.6) is 5.75 Å². The first kappa shape index (κ1) is 15.6. The number of amides is 1. The normalized spacial score (nSPS) is 15.0. The van der Waals surface area contributed by atoms with Gasteiger partial charge in [0, 0.05) is 13.1 Å². The van der Waals surface area contributed by atoms with Gasteiger partial charge in [-0.3, -0.25) is 4.79 Å². The lowest BCUT2D eigenvalue weighted by Crippen LogP contribution is -2.38. The van der Waals surface area contributed by atoms with Crippen LogP contribution in [0.1, 0.15) is 29.7 Å². The van der Waals surface area contributed by atoms with Crippen molar-refractivity contribution in [2.75, 3.05) is 13.2 Å². The first-order chi connectivity index (χ1) is 11.1. The Kier molecular flexibility index (Phi) is 4.63. The second-order valence-electron chi connectivity index (χ2n) is 5.87. The summed E-state index contributed by atoms with van der Waals surface area (Å²) in [5.41, 5.74) is 3.31. The second kappa shape index (κ2) is 6.84. The lowest BCUT2D eigenvalue weighted by atomic mass is 10.00. The van der Waals surface area contributed by atoms with Crippen molar-refractivity contribution < 1.29 is 14.6 Å². The van der Waals surface area contributed by atoms with Crippen LogP contribution >= 0.6 is 0 Å². The molecule has 0 spiro atoms. The molecule has 1 unspecified atom stereocenters. The Morgan fingerprint density at radius 3 is 2.78 bits per heavy atom. The average Bonchev–Trinajstić information content (AvgIpc) is 2.59. The molecule has 0 saturated heterocycles. The van der Waals surface area contributed by atoms with E-state index in [1.165, 1.54) is 11.1 Å². The summed E-state index contributed by atoms with van der Waals surface area (Å²) in [5.74, 6) is 0.594. The van der Waals surface area contributed by atoms with Crippen LogP contribution in [0.2, 0.25) is 0 Å². The Balaban J connectivity index is 1.59. The van der Waals surface area contributed by atoms with E-state index in [2.05, 4.69) is 12.1 Å². The number of rotatable bonds is 4. The maximum atomic E-state index is 12.4. The third-order valence-electron chi connectivity index (χ3n) is 4.19. The van der Waals surface area contributed by atoms with Crippen LogP contribution in [0.15, 0.2) is 48.5 Å². The van der Waals surface area contributed by atoms with Crippen molar-refractivity contribution in [3.05, 3.63) is 65.2 Å². The SMILES string of the molecule is CC(O)c1cccc(OCC(=O)N2CCc3ccccc3C2)c1. The molecule has 0 aromatic heterocycles. The minimum Gasteiger partial charge on any atom is -0.484 e. The summed E-state index contributed by atoms with van der Waals surface area (Å²) in [6, 6.07) is 15.4. The van der Waals surface area contributed by atoms with Crippen molar-refractivity contribution in [1.29, 1.82) is 0 Å². The van der Waals surface area contributed by atoms with Crippen LogP contribution < -0.4 is 4.74 Å². The molecule has 4 nitrogen and oxygen atoms in total. The van der Waals surface area contributed by atoms with Crippen LogP contribution in [0.25, 0.3) is 0 Å². The van der Waals surface area contributed by atoms with Crippen molar-refractivity contribution in [2.45, 2.75) is 26.0 Å². The number of ether oxygens (including phenoxy) is 1. The first-order valence-corrected chi connectivity index (χ1v) is 7.89. The summed E-state index contributed by atoms with van der Waals surface area (Å²) in [5, 5.41) is 9.59. The zero-order chi connectivity index (χ0) is 16.2. The Labute approximate surface area is 136 Å². The maximum absolute atomic E-state index is 12.4. The van der Waals surface area contributed by atoms with E-state index in [9.17, 15) is 9.90 Å². The van der Waals surface area contributed by atoms with Gasteiger partial charge in [0.05, 0.1) is 6.10 Å². The van der Waals surface area contributed by atoms with Gasteiger partial charge in [-0.15, -0.1) is 0 Å². The summed E-state index contributed by atoms with van der Waals surface area (Å²) >= 11 is 0. The third kappa shape index (κ3) is 3.71. The van der Waals surface area contributed by atoms with Crippen molar-refractivity contribution in [3.63, 3.8) is 0 Å². The van der Waals surface area contributed by atoms with Crippen molar-refractivity contribution in [2.24, 2.45) is 0 Å². The number of aliphatic hydroxyl groups excluding tert-OH is 1. The van der Waals surface area contributed by atoms with Gasteiger partial charge >= 0.3 is 0 Å². The molecule has 0 radical (unpaired) electrons. The van der Waals surface area contributed by atoms with Gasteiger partial charge < -0.3 is 14.7 Å². The summed E-state index contributed by atoms with van der Waals surface area (Å²) < 4.78 is 5.60. The third-order valence-corrected chi connectivity index (χ3v) is 4.19. The lowest BCUT2D eigenvalue weighted by molar-refractivity contribution is -0.134. The number of nitrogens with zero attached hydrogens (tertiary/aromatic N) is 1. The molecule has 3 rings (SSSR count). The molecule has 1 amide bonds. The molecule has 120 valence electrons. The summed E-state index contributed by atoms with van der Waals surface area (Å²) in [7, 11) is 0. The number of hydrogen-bond acceptors (Lipinski definition) is 3. The zero-order valence-corrected chi connectivity index (χ0v) is 13.2. The van der Waals surface area contributed by atoms with Crippen molar-refractivity contribution >= 4 is 5.91 Å². The minimum atomic E-state index is -0.548. The molecule has 23 heavy (non-hydrogen) atoms. The van der Waals surface area contributed by atoms with Gasteiger partial charge in [-0.05, 0) is 42.2 Å². The van der Waals surface area contributed by atoms with Crippen LogP contribution in [-0.4, -0.2) is 29.1 Å². The molecule has 4 heteroatoms. The van der Waals surface area contributed by atoms with E-state index in [-0.39, 0.29) is 12.5 Å². The second-order valence-corrected chi connectivity index (χ2v) is 5.87. The van der Waals surface area contributed by atoms with Crippen LogP contribution in [0.3, 0.4) is 0 Å². The Hall–Kier alpha value is -2.33. The summed E-state index contributed by atoms with van der Waals surface area (Å²) in [6.45, 7) is 3.10. The van der Waals surface area contributed by atoms with Gasteiger partial charge in [-0.25, -0.2) is 0 Å². The van der Waals surface area contributed by atoms with E-state index in [1.54, 1.807) is 19.1 Å². The predicted molar refractivity (Wildman–Crippen MR) is 88.1 cm³/mol. The maximum Gasteiger partial charge on any atom is 0.260 e. The van der Waals surface area contributed by atoms with E-state index in [0.717, 1.165) is 18.5 Å². The molecule has 2 aromatic carbocycles. The smallest absolute Gasteiger partial charge is 0.260 e. The number of fused-ring (bicyclic) bond motifs is 1. The average molecular weight is 311 g/mol. The van der Waals surface area contributed by atoms with Gasteiger partial charge in [0.15, 0.2) is 6.61 Å². The highest BCUT2D eigenvalue weighted by Crippen LogP contribution is 2.20. The zero-order valence-electron chi connectivity index (χ0n) is 13.2. The van der Waals surface area contributed by atoms with Crippen LogP contribution in [-0.2, 0) is 17.8 Å². The fourth-order valence-corrected chi connectivity index (χ4v) is 2.81. The van der Waals surface area contributed by atoms with E-state index >= 15 is 0 Å². The molecule has 1 heterocycles. The molecule has 0 bridgehead atoms. The van der Waals surface area contributed by atoms with E-state index in [1.807, 2.05) is 29.2 Å². The fourth-order valence-electron chi connectivity index (χ4n) is 2.81. The van der Waals surface area contributed by atoms with Gasteiger partial charge in [0.25, 0.3) is 5.91 Å². The molecule has 1 aliphatic rings. The molecule has 0 aliphatic carbocycles. The Morgan fingerprint density at radius 1 is 1.22 bits per heavy atom. The monoisotopic (exact) mass is 311 g/mol. The number of carbonyl (C=O) groups excluding carboxylic acids is 1. The molecule has 0 fully saturated rings. The Bertz CT molecular complexity index is 697. The molecule has 2 aromatic rings. The number of benzene rings is 2. The van der Waals surface area contributed by atoms with Crippen molar-refractivity contribution in [3.8, 4) is 5.75 Å². The Morgan fingerprint density at radius 2 is 2.00 bits per heavy atom. The van der Waals surface area contributed by atoms with Crippen LogP contribution in [0.4, 0.5) is 0 Å². The van der Waals surface area contributed by atoms with Crippen LogP contribution in [0, 0.1) is 0 Å². The molecule has 1 N–H and O–H groups in total. The molecule has 1 atom stereocenters. The summed E-state index contributed by atoms with van der Waals surface area (Å²) in [4.78, 5) is 14.2. The van der Waals surface area contributed by atoms with E-state index < -0.39 is 6.10 Å². The van der Waals surface area contributed by atoms with Gasteiger partial charge in [0.1, 0.15) is 5.75 Å². The fraction of sp³-hybridized carbons (Fsp3) is 0.316. The number of hydrogen-bond donors (Lipinski definition) is 1. The quantitative estimate of drug-likeness (QED) is 0.944. The summed E-state index contributed by atoms with van der Waals surface area (Å²) in [6.07, 6.45) is 0.340. The van der Waals surface area contributed by atoms with Crippen molar-refractivity contribution in [1.82, 2.24) is 4.90 Å². The largest absolute Gasteiger partial charge is 0.484 e. The number of aliphatic hydroxyl groups is 1. The highest BCUT2D eigenvalue weighted by Gasteiger charge is 2.20. The topological polar surface area (TPSA) is 49.8 Å². The lowest BCUT2D eigenvalue weighted by Gasteiger charge is -2.28. The van der Waals surface area contributed by atoms with Gasteiger partial charge in [-0.2, -0.15) is 0 Å².